The number of nitrogens with two attached hydrogens (primary N) is 1. The molecule has 17 nitrogen and oxygen atoms in total. The molecular weight excluding hydrogens is 1450 g/mol. The number of nitrogens with zero attached hydrogens (tertiary/aromatic N) is 1. The fourth-order valence-corrected chi connectivity index (χ4v) is 15.1. The molecule has 4 unspecified atom stereocenters. The van der Waals surface area contributed by atoms with E-state index in [0.29, 0.717) is 30.2 Å². The zero-order chi connectivity index (χ0) is 82.2. The molecule has 0 saturated heterocycles. The maximum absolute atomic E-state index is 15.0. The van der Waals surface area contributed by atoms with Gasteiger partial charge in [0, 0.05) is 31.5 Å². The third-order valence-corrected chi connectivity index (χ3v) is 22.1. The lowest BCUT2D eigenvalue weighted by Gasteiger charge is -2.33. The standard InChI is InChI=1S/C93H160N2O15P2/c1-8-12-16-20-24-28-32-36-40-42-44-46-50-54-58-62-66-70-74-78-90(99)107-88(84-96)92(86(97)76-72-68-64-60-56-52-48-38-34-30-26-22-18-14-10-3)104-85-89(108-91(100)79-75-71-67-63-59-55-51-47-45-43-41-37-33-29-25-21-17-13-9-2)93(109-112(103,106-82-80-94)110-111(101,102)105-83-81-95(5,6)7)87(98)77-73-69-65-61-57-53-49-39-35-31-27-23-19-15-11-4/h40-47,50-51,54-55,58-59,62-63,66-67,70-71,74-75,78-79,88-89,92-93,96H,8-39,48-49,52-53,56-57,60-61,64-65,68-69,72-73,76-77,80-85,94H2,1-7H3/t88-,89-,92?,93?,112?/m0/s1. The number of ether oxygens (including phenoxy) is 3. The van der Waals surface area contributed by atoms with Crippen molar-refractivity contribution >= 4 is 39.2 Å². The second-order valence-electron chi connectivity index (χ2n) is 30.7. The van der Waals surface area contributed by atoms with Crippen molar-refractivity contribution < 1.29 is 74.9 Å². The van der Waals surface area contributed by atoms with Crippen LogP contribution in [0.3, 0.4) is 0 Å². The lowest BCUT2D eigenvalue weighted by molar-refractivity contribution is -0.870. The molecule has 0 rings (SSSR count). The number of esters is 2. The molecule has 0 aromatic carbocycles. The van der Waals surface area contributed by atoms with Crippen molar-refractivity contribution in [3.05, 3.63) is 146 Å². The number of quaternary nitrogens is 1. The fraction of sp³-hybridized carbons (Fsp3) is 0.699. The third kappa shape index (κ3) is 71.8. The molecular formula is C93H160N2O15P2. The molecule has 0 aliphatic heterocycles. The summed E-state index contributed by atoms with van der Waals surface area (Å²) in [5, 5.41) is 11.0. The van der Waals surface area contributed by atoms with Gasteiger partial charge >= 0.3 is 19.8 Å². The summed E-state index contributed by atoms with van der Waals surface area (Å²) >= 11 is 0. The van der Waals surface area contributed by atoms with Crippen LogP contribution in [-0.4, -0.2) is 118 Å². The monoisotopic (exact) mass is 1610 g/mol. The highest BCUT2D eigenvalue weighted by Crippen LogP contribution is 2.62. The van der Waals surface area contributed by atoms with Crippen molar-refractivity contribution in [1.82, 2.24) is 0 Å². The van der Waals surface area contributed by atoms with E-state index in [-0.39, 0.29) is 32.5 Å². The van der Waals surface area contributed by atoms with E-state index in [1.54, 1.807) is 36.5 Å². The number of hydrogen-bond donors (Lipinski definition) is 2. The number of ketones is 2. The molecule has 0 aliphatic carbocycles. The second kappa shape index (κ2) is 78.8. The Hall–Kier alpha value is -4.74. The summed E-state index contributed by atoms with van der Waals surface area (Å²) in [7, 11) is -5.59. The number of phosphoric ester groups is 2. The van der Waals surface area contributed by atoms with E-state index in [1.807, 2.05) is 88.0 Å². The molecule has 6 atom stereocenters. The summed E-state index contributed by atoms with van der Waals surface area (Å²) in [4.78, 5) is 71.0. The van der Waals surface area contributed by atoms with Crippen LogP contribution in [0.1, 0.15) is 336 Å². The molecule has 0 fully saturated rings. The average Bonchev–Trinajstić information content (AvgIpc) is 0.816. The van der Waals surface area contributed by atoms with Crippen LogP contribution in [-0.2, 0) is 60.4 Å². The van der Waals surface area contributed by atoms with Crippen LogP contribution in [0, 0.1) is 0 Å². The number of unbranched alkanes of at least 4 members (excludes halogenated alkanes) is 42. The van der Waals surface area contributed by atoms with Crippen LogP contribution in [0.15, 0.2) is 146 Å². The number of aliphatic hydroxyl groups excluding tert-OH is 1. The fourth-order valence-electron chi connectivity index (χ4n) is 12.4. The topological polar surface area (TPSA) is 236 Å². The number of aliphatic hydroxyl groups is 1. The van der Waals surface area contributed by atoms with Crippen LogP contribution in [0.2, 0.25) is 0 Å². The molecule has 0 heterocycles. The van der Waals surface area contributed by atoms with Crippen molar-refractivity contribution in [2.75, 3.05) is 60.7 Å². The number of hydrogen-bond acceptors (Lipinski definition) is 16. The van der Waals surface area contributed by atoms with Crippen LogP contribution >= 0.6 is 15.6 Å². The smallest absolute Gasteiger partial charge is 0.482 e. The number of likely N-dealkylation sites (N-methyl/N-ethyl adjacent to an activating group) is 1. The maximum atomic E-state index is 15.0. The van der Waals surface area contributed by atoms with Crippen LogP contribution in [0.5, 0.6) is 0 Å². The number of carbonyl (C=O) groups is 4. The summed E-state index contributed by atoms with van der Waals surface area (Å²) in [5.41, 5.74) is 5.81. The zero-order valence-corrected chi connectivity index (χ0v) is 73.2. The molecule has 0 amide bonds. The van der Waals surface area contributed by atoms with E-state index >= 15 is 0 Å². The minimum atomic E-state index is -5.56. The van der Waals surface area contributed by atoms with E-state index in [4.69, 9.17) is 37.8 Å². The number of carbonyl (C=O) groups excluding carboxylic acids is 4. The first-order chi connectivity index (χ1) is 54.4. The summed E-state index contributed by atoms with van der Waals surface area (Å²) in [5.74, 6) is -3.30. The predicted octanol–water partition coefficient (Wildman–Crippen LogP) is 24.5. The van der Waals surface area contributed by atoms with Crippen molar-refractivity contribution in [1.29, 1.82) is 0 Å². The van der Waals surface area contributed by atoms with Gasteiger partial charge in [0.25, 0.3) is 7.82 Å². The Balaban J connectivity index is 7.31. The van der Waals surface area contributed by atoms with Crippen LogP contribution in [0.25, 0.3) is 0 Å². The van der Waals surface area contributed by atoms with Gasteiger partial charge in [0.15, 0.2) is 36.0 Å². The first-order valence-electron chi connectivity index (χ1n) is 44.2. The van der Waals surface area contributed by atoms with E-state index in [2.05, 4.69) is 45.9 Å². The minimum Gasteiger partial charge on any atom is -0.756 e. The van der Waals surface area contributed by atoms with Crippen molar-refractivity contribution in [2.45, 2.75) is 360 Å². The first-order valence-corrected chi connectivity index (χ1v) is 47.1. The average molecular weight is 1610 g/mol. The van der Waals surface area contributed by atoms with Crippen molar-refractivity contribution in [3.8, 4) is 0 Å². The van der Waals surface area contributed by atoms with Gasteiger partial charge in [-0.2, -0.15) is 0 Å². The molecule has 112 heavy (non-hydrogen) atoms. The quantitative estimate of drug-likeness (QED) is 0.0144. The zero-order valence-electron chi connectivity index (χ0n) is 71.4. The first kappa shape index (κ1) is 107. The van der Waals surface area contributed by atoms with Gasteiger partial charge in [0.2, 0.25) is 0 Å². The highest BCUT2D eigenvalue weighted by Gasteiger charge is 2.44. The molecule has 0 aromatic rings. The summed E-state index contributed by atoms with van der Waals surface area (Å²) in [6, 6.07) is 0. The van der Waals surface area contributed by atoms with Gasteiger partial charge < -0.3 is 39.0 Å². The van der Waals surface area contributed by atoms with Gasteiger partial charge in [-0.05, 0) is 38.5 Å². The van der Waals surface area contributed by atoms with E-state index in [9.17, 15) is 38.3 Å². The Morgan fingerprint density at radius 3 is 1.00 bits per heavy atom. The van der Waals surface area contributed by atoms with Gasteiger partial charge in [0.1, 0.15) is 13.2 Å². The highest BCUT2D eigenvalue weighted by atomic mass is 31.3. The summed E-state index contributed by atoms with van der Waals surface area (Å²) in [6.07, 6.45) is 87.8. The van der Waals surface area contributed by atoms with Gasteiger partial charge in [0.05, 0.1) is 41.0 Å². The molecule has 0 bridgehead atoms. The number of phosphoric acid groups is 2. The Morgan fingerprint density at radius 2 is 0.679 bits per heavy atom. The Labute approximate surface area is 682 Å². The molecule has 0 spiro atoms. The second-order valence-corrected chi connectivity index (χ2v) is 33.8. The van der Waals surface area contributed by atoms with Crippen LogP contribution in [0.4, 0.5) is 0 Å². The van der Waals surface area contributed by atoms with Gasteiger partial charge in [-0.15, -0.1) is 0 Å². The molecule has 0 radical (unpaired) electrons. The number of Topliss-reactive ketones (excluding diaryl/α,β-unsaturated/α-hetero) is 2. The van der Waals surface area contributed by atoms with Gasteiger partial charge in [-0.1, -0.05) is 418 Å². The van der Waals surface area contributed by atoms with Crippen molar-refractivity contribution in [2.24, 2.45) is 5.73 Å². The van der Waals surface area contributed by atoms with E-state index < -0.39 is 83.4 Å². The number of allylic oxidation sites excluding steroid dienone is 22. The molecule has 0 aromatic heterocycles. The largest absolute Gasteiger partial charge is 0.756 e. The summed E-state index contributed by atoms with van der Waals surface area (Å²) in [6.45, 7) is 6.11. The maximum Gasteiger partial charge on any atom is 0.482 e. The highest BCUT2D eigenvalue weighted by molar-refractivity contribution is 7.61. The predicted molar refractivity (Wildman–Crippen MR) is 466 cm³/mol. The van der Waals surface area contributed by atoms with Gasteiger partial charge in [-0.3, -0.25) is 23.2 Å². The Kier molecular flexibility index (Phi) is 75.4. The molecule has 0 aliphatic rings. The lowest BCUT2D eigenvalue weighted by atomic mass is 10.0. The SMILES string of the molecule is CCCCCCCCCC=CC=CC=CC=CC=CC=CC(=O)O[C@@H](CO)C(OC[C@H](OC(=O)C=CC=CC=CC=CC=CC=CCCCCCCCCC)C(OP(=O)(OCCN)OP(=O)([O-])OCC[N+](C)(C)C)C(=O)CCCCCCCCCCCCCCCCC)C(=O)CCCCCCCCCCCCCCCCC. The Morgan fingerprint density at radius 1 is 0.384 bits per heavy atom. The van der Waals surface area contributed by atoms with Crippen molar-refractivity contribution in [3.63, 3.8) is 0 Å². The van der Waals surface area contributed by atoms with Crippen LogP contribution < -0.4 is 10.6 Å². The summed E-state index contributed by atoms with van der Waals surface area (Å²) < 4.78 is 68.7. The molecule has 0 saturated carbocycles. The Bertz CT molecular complexity index is 2760. The third-order valence-electron chi connectivity index (χ3n) is 19.0. The van der Waals surface area contributed by atoms with E-state index in [1.165, 1.54) is 211 Å². The lowest BCUT2D eigenvalue weighted by Crippen LogP contribution is -2.47. The molecule has 19 heteroatoms. The molecule has 3 N–H and O–H groups in total. The van der Waals surface area contributed by atoms with E-state index in [0.717, 1.165) is 82.8 Å². The van der Waals surface area contributed by atoms with Gasteiger partial charge in [-0.25, -0.2) is 18.5 Å². The normalized spacial score (nSPS) is 15.0. The molecule has 642 valence electrons. The number of rotatable bonds is 81. The minimum absolute atomic E-state index is 0.0553.